The van der Waals surface area contributed by atoms with Gasteiger partial charge in [-0.05, 0) is 34.1 Å². The average molecular weight is 444 g/mol. The molecule has 1 fully saturated rings. The largest absolute Gasteiger partial charge is 0.480 e. The first-order valence-electron chi connectivity index (χ1n) is 10.4. The van der Waals surface area contributed by atoms with Crippen LogP contribution in [0, 0.1) is 0 Å². The van der Waals surface area contributed by atoms with E-state index in [2.05, 4.69) is 15.7 Å². The molecule has 0 aromatic carbocycles. The normalized spacial score (nSPS) is 24.5. The van der Waals surface area contributed by atoms with Crippen LogP contribution in [-0.2, 0) is 19.1 Å². The van der Waals surface area contributed by atoms with Crippen molar-refractivity contribution in [2.24, 2.45) is 10.8 Å². The number of ether oxygens (including phenoxy) is 2. The molecule has 1 aliphatic heterocycles. The molecular formula is C20H37N5O6. The number of nitrogens with one attached hydrogen (secondary N) is 2. The lowest BCUT2D eigenvalue weighted by Gasteiger charge is -2.44. The number of nitrogens with zero attached hydrogens (tertiary/aromatic N) is 2. The number of aliphatic imine (C=N–C) groups is 1. The Hall–Kier alpha value is -2.40. The maximum atomic E-state index is 13.2. The maximum Gasteiger partial charge on any atom is 0.411 e. The summed E-state index contributed by atoms with van der Waals surface area (Å²) in [7, 11) is 1.52. The topological polar surface area (TPSA) is 156 Å². The molecule has 0 spiro atoms. The summed E-state index contributed by atoms with van der Waals surface area (Å²) in [5, 5.41) is 12.7. The lowest BCUT2D eigenvalue weighted by atomic mass is 9.83. The average Bonchev–Trinajstić information content (AvgIpc) is 3.02. The van der Waals surface area contributed by atoms with Crippen LogP contribution in [0.15, 0.2) is 4.99 Å². The molecule has 178 valence electrons. The van der Waals surface area contributed by atoms with Gasteiger partial charge in [0.05, 0.1) is 30.1 Å². The summed E-state index contributed by atoms with van der Waals surface area (Å²) in [4.78, 5) is 42.9. The second-order valence-electron chi connectivity index (χ2n) is 8.93. The molecule has 2 unspecified atom stereocenters. The van der Waals surface area contributed by atoms with Crippen LogP contribution in [0.1, 0.15) is 60.8 Å². The zero-order valence-corrected chi connectivity index (χ0v) is 19.5. The number of hydrogen-bond donors (Lipinski definition) is 4. The summed E-state index contributed by atoms with van der Waals surface area (Å²) in [6.45, 7) is 10.2. The van der Waals surface area contributed by atoms with Gasteiger partial charge in [0.1, 0.15) is 11.6 Å². The molecule has 5 N–H and O–H groups in total. The van der Waals surface area contributed by atoms with Crippen molar-refractivity contribution in [2.75, 3.05) is 7.11 Å². The molecule has 0 saturated carbocycles. The highest BCUT2D eigenvalue weighted by Gasteiger charge is 2.55. The number of carbonyl (C=O) groups is 3. The predicted molar refractivity (Wildman–Crippen MR) is 115 cm³/mol. The van der Waals surface area contributed by atoms with E-state index in [4.69, 9.17) is 15.3 Å². The van der Waals surface area contributed by atoms with Crippen molar-refractivity contribution in [3.05, 3.63) is 0 Å². The summed E-state index contributed by atoms with van der Waals surface area (Å²) in [6, 6.07) is -3.47. The minimum absolute atomic E-state index is 0.0272. The number of hydrazine groups is 1. The zero-order valence-electron chi connectivity index (χ0n) is 19.5. The predicted octanol–water partition coefficient (Wildman–Crippen LogP) is 1.02. The summed E-state index contributed by atoms with van der Waals surface area (Å²) >= 11 is 0. The Bertz CT molecular complexity index is 679. The van der Waals surface area contributed by atoms with Gasteiger partial charge >= 0.3 is 12.1 Å². The van der Waals surface area contributed by atoms with E-state index >= 15 is 0 Å². The molecule has 1 aliphatic rings. The highest BCUT2D eigenvalue weighted by atomic mass is 16.6. The Morgan fingerprint density at radius 3 is 2.35 bits per heavy atom. The van der Waals surface area contributed by atoms with E-state index < -0.39 is 47.4 Å². The molecule has 31 heavy (non-hydrogen) atoms. The van der Waals surface area contributed by atoms with E-state index in [1.807, 2.05) is 13.8 Å². The smallest absolute Gasteiger partial charge is 0.411 e. The van der Waals surface area contributed by atoms with Gasteiger partial charge < -0.3 is 25.3 Å². The first-order chi connectivity index (χ1) is 14.3. The molecule has 2 amide bonds. The summed E-state index contributed by atoms with van der Waals surface area (Å²) in [5.74, 6) is 3.80. The van der Waals surface area contributed by atoms with E-state index in [-0.39, 0.29) is 12.3 Å². The van der Waals surface area contributed by atoms with Crippen molar-refractivity contribution in [3.63, 3.8) is 0 Å². The van der Waals surface area contributed by atoms with Gasteiger partial charge in [-0.2, -0.15) is 0 Å². The first-order valence-corrected chi connectivity index (χ1v) is 10.4. The van der Waals surface area contributed by atoms with E-state index in [1.54, 1.807) is 20.8 Å². The number of nitrogens with two attached hydrogens (primary N) is 1. The molecule has 0 radical (unpaired) electrons. The second kappa shape index (κ2) is 10.8. The van der Waals surface area contributed by atoms with Gasteiger partial charge in [-0.25, -0.2) is 15.4 Å². The monoisotopic (exact) mass is 443 g/mol. The molecule has 1 heterocycles. The lowest BCUT2D eigenvalue weighted by molar-refractivity contribution is -0.143. The first kappa shape index (κ1) is 26.6. The Balaban J connectivity index is 3.64. The number of rotatable bonds is 9. The molecule has 0 aliphatic carbocycles. The third-order valence-corrected chi connectivity index (χ3v) is 5.32. The maximum absolute atomic E-state index is 13.2. The van der Waals surface area contributed by atoms with Crippen molar-refractivity contribution >= 4 is 24.3 Å². The third kappa shape index (κ3) is 6.79. The van der Waals surface area contributed by atoms with Crippen molar-refractivity contribution in [2.45, 2.75) is 96.2 Å². The molecule has 11 heteroatoms. The number of amides is 2. The Labute approximate surface area is 183 Å². The van der Waals surface area contributed by atoms with E-state index in [0.717, 1.165) is 6.42 Å². The fourth-order valence-corrected chi connectivity index (χ4v) is 4.03. The molecule has 1 rings (SSSR count). The van der Waals surface area contributed by atoms with Gasteiger partial charge in [0.25, 0.3) is 0 Å². The number of carboxylic acids is 1. The zero-order chi connectivity index (χ0) is 24.0. The van der Waals surface area contributed by atoms with Gasteiger partial charge in [-0.15, -0.1) is 0 Å². The minimum atomic E-state index is -1.20. The van der Waals surface area contributed by atoms with Crippen LogP contribution in [-0.4, -0.2) is 76.8 Å². The Morgan fingerprint density at radius 2 is 1.94 bits per heavy atom. The number of methoxy groups -OCH3 is 1. The molecule has 5 atom stereocenters. The van der Waals surface area contributed by atoms with Gasteiger partial charge in [-0.1, -0.05) is 13.3 Å². The van der Waals surface area contributed by atoms with Crippen LogP contribution >= 0.6 is 0 Å². The van der Waals surface area contributed by atoms with Crippen molar-refractivity contribution in [3.8, 4) is 0 Å². The molecule has 0 aromatic rings. The summed E-state index contributed by atoms with van der Waals surface area (Å²) in [6.07, 6.45) is 1.76. The van der Waals surface area contributed by atoms with Crippen LogP contribution in [0.5, 0.6) is 0 Å². The third-order valence-electron chi connectivity index (χ3n) is 5.32. The Kier molecular flexibility index (Phi) is 9.25. The van der Waals surface area contributed by atoms with Gasteiger partial charge in [0.15, 0.2) is 0 Å². The van der Waals surface area contributed by atoms with E-state index in [0.29, 0.717) is 6.42 Å². The number of carbonyl (C=O) groups excluding carboxylic acids is 2. The van der Waals surface area contributed by atoms with Crippen molar-refractivity contribution < 1.29 is 29.0 Å². The lowest BCUT2D eigenvalue weighted by Crippen LogP contribution is -2.65. The van der Waals surface area contributed by atoms with Crippen molar-refractivity contribution in [1.82, 2.24) is 15.6 Å². The summed E-state index contributed by atoms with van der Waals surface area (Å²) < 4.78 is 11.3. The quantitative estimate of drug-likeness (QED) is 0.178. The number of aliphatic carboxylic acids is 1. The fraction of sp³-hybridized carbons (Fsp3) is 0.800. The molecule has 11 nitrogen and oxygen atoms in total. The molecule has 0 bridgehead atoms. The minimum Gasteiger partial charge on any atom is -0.480 e. The number of carboxylic acid groups (broad SMARTS) is 1. The van der Waals surface area contributed by atoms with Crippen molar-refractivity contribution in [1.29, 1.82) is 0 Å². The highest BCUT2D eigenvalue weighted by Crippen LogP contribution is 2.36. The number of likely N-dealkylation sites (tertiary alicyclic amines) is 1. The molecular weight excluding hydrogens is 406 g/mol. The number of hydrogen-bond acceptors (Lipinski definition) is 7. The van der Waals surface area contributed by atoms with E-state index in [1.165, 1.54) is 25.3 Å². The highest BCUT2D eigenvalue weighted by molar-refractivity contribution is 5.82. The summed E-state index contributed by atoms with van der Waals surface area (Å²) in [5.41, 5.74) is 0.562. The van der Waals surface area contributed by atoms with Crippen LogP contribution < -0.4 is 16.6 Å². The van der Waals surface area contributed by atoms with Crippen LogP contribution in [0.25, 0.3) is 0 Å². The van der Waals surface area contributed by atoms with Gasteiger partial charge in [0, 0.05) is 20.5 Å². The van der Waals surface area contributed by atoms with Gasteiger partial charge in [-0.3, -0.25) is 14.7 Å². The Morgan fingerprint density at radius 1 is 1.32 bits per heavy atom. The second-order valence-corrected chi connectivity index (χ2v) is 8.93. The standard InChI is InChI=1S/C20H37N5O6/c1-8-9-20(6,30-7)16(24-12(2)26)15-13(22-11-23-21)10-14(17(27)28)25(15)18(29)31-19(3,4)5/h11,13-16H,8-10,21H2,1-7H3,(H,22,23)(H,24,26)(H,27,28)/t13?,14-,15?,16-,20+/m1/s1. The van der Waals surface area contributed by atoms with E-state index in [9.17, 15) is 19.5 Å². The molecule has 0 aromatic heterocycles. The van der Waals surface area contributed by atoms with Crippen LogP contribution in [0.3, 0.4) is 0 Å². The fourth-order valence-electron chi connectivity index (χ4n) is 4.03. The van der Waals surface area contributed by atoms with Crippen LogP contribution in [0.2, 0.25) is 0 Å². The van der Waals surface area contributed by atoms with Crippen LogP contribution in [0.4, 0.5) is 4.79 Å². The van der Waals surface area contributed by atoms with Gasteiger partial charge in [0.2, 0.25) is 5.91 Å². The molecule has 1 saturated heterocycles. The SMILES string of the molecule is CCC[C@](C)(OC)[C@H](NC(C)=O)C1C(N=CNN)C[C@H](C(=O)O)N1C(=O)OC(C)(C)C.